The molecule has 224 valence electrons. The van der Waals surface area contributed by atoms with Crippen molar-refractivity contribution in [1.82, 2.24) is 9.55 Å². The van der Waals surface area contributed by atoms with E-state index in [2.05, 4.69) is 4.98 Å². The van der Waals surface area contributed by atoms with Crippen molar-refractivity contribution in [3.05, 3.63) is 128 Å². The molecule has 0 spiro atoms. The van der Waals surface area contributed by atoms with Crippen LogP contribution in [0.5, 0.6) is 11.5 Å². The van der Waals surface area contributed by atoms with Crippen molar-refractivity contribution in [2.24, 2.45) is 0 Å². The molecule has 6 rings (SSSR count). The Labute approximate surface area is 248 Å². The van der Waals surface area contributed by atoms with Crippen molar-refractivity contribution < 1.29 is 28.8 Å². The number of aryl methyl sites for hydroxylation is 1. The Kier molecular flexibility index (Phi) is 7.70. The highest BCUT2D eigenvalue weighted by atomic mass is 16.6. The molecule has 3 aromatic carbocycles. The van der Waals surface area contributed by atoms with Gasteiger partial charge in [-0.1, -0.05) is 54.6 Å². The zero-order valence-corrected chi connectivity index (χ0v) is 24.2. The number of aliphatic hydroxyl groups excluding tert-OH is 1. The van der Waals surface area contributed by atoms with Crippen LogP contribution < -0.4 is 20.7 Å². The van der Waals surface area contributed by atoms with Gasteiger partial charge in [0.15, 0.2) is 6.23 Å². The molecule has 0 aliphatic carbocycles. The summed E-state index contributed by atoms with van der Waals surface area (Å²) < 4.78 is 31.7. The summed E-state index contributed by atoms with van der Waals surface area (Å²) in [5.74, 6) is 1.40. The first-order chi connectivity index (χ1) is 20.8. The van der Waals surface area contributed by atoms with E-state index in [0.29, 0.717) is 30.1 Å². The van der Waals surface area contributed by atoms with Crippen LogP contribution in [-0.4, -0.2) is 59.9 Å². The lowest BCUT2D eigenvalue weighted by Crippen LogP contribution is -2.53. The summed E-state index contributed by atoms with van der Waals surface area (Å²) in [7, 11) is 3.23. The molecule has 1 aromatic heterocycles. The summed E-state index contributed by atoms with van der Waals surface area (Å²) in [6.45, 7) is 1.86. The number of ether oxygens (including phenoxy) is 5. The minimum absolute atomic E-state index is 0.0332. The molecule has 2 bridgehead atoms. The average Bonchev–Trinajstić information content (AvgIpc) is 3.17. The minimum Gasteiger partial charge on any atom is -0.497 e. The van der Waals surface area contributed by atoms with Crippen LogP contribution in [-0.2, 0) is 19.8 Å². The lowest BCUT2D eigenvalue weighted by molar-refractivity contribution is -0.173. The first kappa shape index (κ1) is 28.9. The zero-order valence-electron chi connectivity index (χ0n) is 24.2. The number of aromatic amines is 1. The summed E-state index contributed by atoms with van der Waals surface area (Å²) in [4.78, 5) is 27.1. The maximum absolute atomic E-state index is 12.8. The average molecular weight is 587 g/mol. The Balaban J connectivity index is 1.45. The second kappa shape index (κ2) is 11.5. The van der Waals surface area contributed by atoms with Gasteiger partial charge in [-0.15, -0.1) is 0 Å². The van der Waals surface area contributed by atoms with Crippen LogP contribution in [0.1, 0.15) is 34.9 Å². The molecule has 0 amide bonds. The topological polar surface area (TPSA) is 121 Å². The maximum Gasteiger partial charge on any atom is 0.330 e. The van der Waals surface area contributed by atoms with E-state index >= 15 is 0 Å². The molecule has 2 aliphatic rings. The standard InChI is InChI=1S/C33H34N2O8/c1-21-19-35(31(38)34-29(21)37)30-27-28(36)32(43-30,17-18-41-27)20-42-33(22-7-5-4-6-8-22,23-9-13-25(39-2)14-10-23)24-11-15-26(40-3)16-12-24/h4-16,19,27-28,30,36H,17-18,20H2,1-3H3,(H,34,37,38)/t27-,28+,30-,32-/m1/s1. The van der Waals surface area contributed by atoms with Crippen LogP contribution in [0.4, 0.5) is 0 Å². The van der Waals surface area contributed by atoms with Gasteiger partial charge >= 0.3 is 5.69 Å². The number of rotatable bonds is 9. The molecule has 4 aromatic rings. The molecule has 43 heavy (non-hydrogen) atoms. The molecule has 0 unspecified atom stereocenters. The van der Waals surface area contributed by atoms with Crippen LogP contribution in [0.2, 0.25) is 0 Å². The third-order valence-electron chi connectivity index (χ3n) is 8.45. The molecular formula is C33H34N2O8. The number of methoxy groups -OCH3 is 2. The summed E-state index contributed by atoms with van der Waals surface area (Å²) in [5, 5.41) is 11.6. The summed E-state index contributed by atoms with van der Waals surface area (Å²) in [5.41, 5.74) is -0.579. The highest BCUT2D eigenvalue weighted by Gasteiger charge is 2.59. The number of nitrogens with one attached hydrogen (secondary N) is 1. The largest absolute Gasteiger partial charge is 0.497 e. The zero-order chi connectivity index (χ0) is 30.2. The summed E-state index contributed by atoms with van der Waals surface area (Å²) in [6.07, 6.45) is -1.15. The van der Waals surface area contributed by atoms with E-state index in [9.17, 15) is 14.7 Å². The summed E-state index contributed by atoms with van der Waals surface area (Å²) >= 11 is 0. The first-order valence-electron chi connectivity index (χ1n) is 14.1. The van der Waals surface area contributed by atoms with Gasteiger partial charge in [0.05, 0.1) is 27.4 Å². The van der Waals surface area contributed by atoms with Gasteiger partial charge in [-0.3, -0.25) is 14.3 Å². The highest BCUT2D eigenvalue weighted by molar-refractivity contribution is 5.49. The SMILES string of the molecule is COc1ccc(C(OC[C@@]23CCO[C@@H]([C@H](n4cc(C)c(=O)[nH]c4=O)O2)[C@@H]3O)(c2ccccc2)c2ccc(OC)cc2)cc1. The fourth-order valence-electron chi connectivity index (χ4n) is 6.07. The molecule has 2 fully saturated rings. The first-order valence-corrected chi connectivity index (χ1v) is 14.1. The smallest absolute Gasteiger partial charge is 0.330 e. The molecule has 10 nitrogen and oxygen atoms in total. The molecule has 4 atom stereocenters. The highest BCUT2D eigenvalue weighted by Crippen LogP contribution is 2.48. The van der Waals surface area contributed by atoms with Crippen molar-refractivity contribution in [2.45, 2.75) is 43.0 Å². The van der Waals surface area contributed by atoms with Gasteiger partial charge in [0.1, 0.15) is 34.9 Å². The van der Waals surface area contributed by atoms with E-state index in [1.54, 1.807) is 21.1 Å². The van der Waals surface area contributed by atoms with Crippen molar-refractivity contribution in [1.29, 1.82) is 0 Å². The molecule has 2 N–H and O–H groups in total. The van der Waals surface area contributed by atoms with E-state index < -0.39 is 40.9 Å². The van der Waals surface area contributed by atoms with Gasteiger partial charge in [-0.2, -0.15) is 0 Å². The van der Waals surface area contributed by atoms with E-state index in [4.69, 9.17) is 23.7 Å². The Hall–Kier alpha value is -4.22. The van der Waals surface area contributed by atoms with Gasteiger partial charge in [-0.25, -0.2) is 4.79 Å². The van der Waals surface area contributed by atoms with Gasteiger partial charge in [0.25, 0.3) is 5.56 Å². The number of aliphatic hydroxyl groups is 1. The number of nitrogens with zero attached hydrogens (tertiary/aromatic N) is 1. The molecule has 2 saturated heterocycles. The fourth-order valence-corrected chi connectivity index (χ4v) is 6.07. The van der Waals surface area contributed by atoms with Crippen LogP contribution in [0.25, 0.3) is 0 Å². The molecule has 10 heteroatoms. The van der Waals surface area contributed by atoms with Crippen LogP contribution in [0.3, 0.4) is 0 Å². The van der Waals surface area contributed by atoms with Crippen LogP contribution in [0.15, 0.2) is 94.6 Å². The normalized spacial score (nSPS) is 23.2. The number of benzene rings is 3. The van der Waals surface area contributed by atoms with Crippen LogP contribution in [0, 0.1) is 6.92 Å². The Bertz CT molecular complexity index is 1640. The third-order valence-corrected chi connectivity index (χ3v) is 8.45. The number of hydrogen-bond donors (Lipinski definition) is 2. The molecular weight excluding hydrogens is 552 g/mol. The number of fused-ring (bicyclic) bond motifs is 2. The Morgan fingerprint density at radius 1 is 0.930 bits per heavy atom. The van der Waals surface area contributed by atoms with Gasteiger partial charge in [0.2, 0.25) is 0 Å². The number of aromatic nitrogens is 2. The molecule has 0 saturated carbocycles. The maximum atomic E-state index is 12.8. The Morgan fingerprint density at radius 2 is 1.51 bits per heavy atom. The monoisotopic (exact) mass is 586 g/mol. The van der Waals surface area contributed by atoms with Crippen molar-refractivity contribution in [3.8, 4) is 11.5 Å². The third kappa shape index (κ3) is 4.96. The van der Waals surface area contributed by atoms with E-state index in [1.165, 1.54) is 10.8 Å². The predicted molar refractivity (Wildman–Crippen MR) is 158 cm³/mol. The molecule has 0 radical (unpaired) electrons. The Morgan fingerprint density at radius 3 is 2.09 bits per heavy atom. The van der Waals surface area contributed by atoms with Gasteiger partial charge in [0, 0.05) is 18.2 Å². The molecule has 2 aliphatic heterocycles. The van der Waals surface area contributed by atoms with E-state index in [1.807, 2.05) is 78.9 Å². The number of hydrogen-bond acceptors (Lipinski definition) is 8. The minimum atomic E-state index is -1.20. The quantitative estimate of drug-likeness (QED) is 0.287. The number of H-pyrrole nitrogens is 1. The second-order valence-electron chi connectivity index (χ2n) is 10.9. The van der Waals surface area contributed by atoms with Crippen molar-refractivity contribution >= 4 is 0 Å². The van der Waals surface area contributed by atoms with Crippen molar-refractivity contribution in [3.63, 3.8) is 0 Å². The lowest BCUT2D eigenvalue weighted by atomic mass is 9.79. The fraction of sp³-hybridized carbons (Fsp3) is 0.333. The predicted octanol–water partition coefficient (Wildman–Crippen LogP) is 3.29. The van der Waals surface area contributed by atoms with Crippen LogP contribution >= 0.6 is 0 Å². The van der Waals surface area contributed by atoms with Gasteiger partial charge in [-0.05, 0) is 47.9 Å². The van der Waals surface area contributed by atoms with E-state index in [0.717, 1.165) is 16.7 Å². The van der Waals surface area contributed by atoms with Crippen molar-refractivity contribution in [2.75, 3.05) is 27.4 Å². The second-order valence-corrected chi connectivity index (χ2v) is 10.9. The summed E-state index contributed by atoms with van der Waals surface area (Å²) in [6, 6.07) is 25.2. The lowest BCUT2D eigenvalue weighted by Gasteiger charge is -2.41. The molecule has 3 heterocycles. The van der Waals surface area contributed by atoms with Gasteiger partial charge < -0.3 is 28.8 Å². The van der Waals surface area contributed by atoms with E-state index in [-0.39, 0.29) is 6.61 Å².